The van der Waals surface area contributed by atoms with E-state index in [1.807, 2.05) is 30.3 Å². The lowest BCUT2D eigenvalue weighted by Crippen LogP contribution is -2.10. The third-order valence-electron chi connectivity index (χ3n) is 4.08. The van der Waals surface area contributed by atoms with Gasteiger partial charge in [0.1, 0.15) is 0 Å². The summed E-state index contributed by atoms with van der Waals surface area (Å²) in [4.78, 5) is 12.0. The first-order chi connectivity index (χ1) is 10.8. The standard InChI is InChI=1S/C18H15N3O/c1-2-12-7-9-13(10-8-12)15-11-17-19-20-18(22)21(17)16-6-4-3-5-14(15)16/h3-11H,2H2,1H3,(H,20,22). The van der Waals surface area contributed by atoms with Crippen LogP contribution in [0.25, 0.3) is 27.7 Å². The van der Waals surface area contributed by atoms with E-state index < -0.39 is 0 Å². The van der Waals surface area contributed by atoms with Crippen LogP contribution in [0, 0.1) is 0 Å². The topological polar surface area (TPSA) is 50.2 Å². The number of aryl methyl sites for hydroxylation is 1. The highest BCUT2D eigenvalue weighted by molar-refractivity contribution is 5.97. The number of aromatic nitrogens is 3. The van der Waals surface area contributed by atoms with E-state index in [2.05, 4.69) is 41.4 Å². The lowest BCUT2D eigenvalue weighted by atomic mass is 9.99. The fourth-order valence-electron chi connectivity index (χ4n) is 2.90. The largest absolute Gasteiger partial charge is 0.348 e. The summed E-state index contributed by atoms with van der Waals surface area (Å²) in [5, 5.41) is 7.68. The van der Waals surface area contributed by atoms with Crippen LogP contribution in [0.3, 0.4) is 0 Å². The zero-order chi connectivity index (χ0) is 15.1. The molecule has 2 heterocycles. The van der Waals surface area contributed by atoms with Crippen LogP contribution < -0.4 is 5.69 Å². The summed E-state index contributed by atoms with van der Waals surface area (Å²) < 4.78 is 1.61. The molecule has 2 aromatic heterocycles. The first-order valence-corrected chi connectivity index (χ1v) is 7.36. The van der Waals surface area contributed by atoms with E-state index in [0.717, 1.165) is 28.5 Å². The number of hydrogen-bond donors (Lipinski definition) is 1. The summed E-state index contributed by atoms with van der Waals surface area (Å²) in [6, 6.07) is 18.4. The number of nitrogens with zero attached hydrogens (tertiary/aromatic N) is 2. The monoisotopic (exact) mass is 289 g/mol. The summed E-state index contributed by atoms with van der Waals surface area (Å²) >= 11 is 0. The third-order valence-corrected chi connectivity index (χ3v) is 4.08. The average molecular weight is 289 g/mol. The van der Waals surface area contributed by atoms with Gasteiger partial charge in [0.05, 0.1) is 5.52 Å². The molecule has 22 heavy (non-hydrogen) atoms. The number of benzene rings is 2. The van der Waals surface area contributed by atoms with Crippen LogP contribution in [-0.4, -0.2) is 14.6 Å². The highest BCUT2D eigenvalue weighted by atomic mass is 16.1. The number of pyridine rings is 1. The van der Waals surface area contributed by atoms with Crippen LogP contribution in [0.2, 0.25) is 0 Å². The molecule has 4 nitrogen and oxygen atoms in total. The maximum absolute atomic E-state index is 12.0. The van der Waals surface area contributed by atoms with Crippen molar-refractivity contribution < 1.29 is 0 Å². The van der Waals surface area contributed by atoms with Gasteiger partial charge < -0.3 is 0 Å². The normalized spacial score (nSPS) is 11.3. The van der Waals surface area contributed by atoms with Gasteiger partial charge in [-0.15, -0.1) is 0 Å². The van der Waals surface area contributed by atoms with Crippen LogP contribution in [0.15, 0.2) is 59.4 Å². The lowest BCUT2D eigenvalue weighted by molar-refractivity contribution is 1.04. The van der Waals surface area contributed by atoms with E-state index in [1.165, 1.54) is 5.56 Å². The molecule has 4 rings (SSSR count). The number of hydrogen-bond acceptors (Lipinski definition) is 2. The molecular weight excluding hydrogens is 274 g/mol. The Morgan fingerprint density at radius 2 is 1.86 bits per heavy atom. The van der Waals surface area contributed by atoms with Gasteiger partial charge in [0.15, 0.2) is 5.65 Å². The van der Waals surface area contributed by atoms with Gasteiger partial charge in [-0.1, -0.05) is 49.4 Å². The molecule has 0 saturated heterocycles. The SMILES string of the molecule is CCc1ccc(-c2cc3n[nH]c(=O)n3c3ccccc23)cc1. The van der Waals surface area contributed by atoms with Crippen molar-refractivity contribution in [1.29, 1.82) is 0 Å². The van der Waals surface area contributed by atoms with Crippen molar-refractivity contribution in [2.75, 3.05) is 0 Å². The van der Waals surface area contributed by atoms with E-state index in [4.69, 9.17) is 0 Å². The fourth-order valence-corrected chi connectivity index (χ4v) is 2.90. The average Bonchev–Trinajstić information content (AvgIpc) is 2.95. The van der Waals surface area contributed by atoms with Crippen molar-refractivity contribution in [3.63, 3.8) is 0 Å². The first-order valence-electron chi connectivity index (χ1n) is 7.36. The minimum atomic E-state index is -0.209. The van der Waals surface area contributed by atoms with Crippen molar-refractivity contribution >= 4 is 16.6 Å². The van der Waals surface area contributed by atoms with Crippen LogP contribution in [0.1, 0.15) is 12.5 Å². The van der Waals surface area contributed by atoms with E-state index in [1.54, 1.807) is 4.40 Å². The molecule has 0 unspecified atom stereocenters. The number of aromatic amines is 1. The smallest absolute Gasteiger partial charge is 0.246 e. The molecular formula is C18H15N3O. The van der Waals surface area contributed by atoms with Crippen molar-refractivity contribution in [2.45, 2.75) is 13.3 Å². The third kappa shape index (κ3) is 1.84. The quantitative estimate of drug-likeness (QED) is 0.615. The van der Waals surface area contributed by atoms with Gasteiger partial charge in [-0.2, -0.15) is 5.10 Å². The minimum absolute atomic E-state index is 0.209. The maximum atomic E-state index is 12.0. The molecule has 0 bridgehead atoms. The molecule has 0 fully saturated rings. The predicted molar refractivity (Wildman–Crippen MR) is 88.1 cm³/mol. The van der Waals surface area contributed by atoms with Crippen LogP contribution in [0.4, 0.5) is 0 Å². The van der Waals surface area contributed by atoms with E-state index in [-0.39, 0.29) is 5.69 Å². The summed E-state index contributed by atoms with van der Waals surface area (Å²) in [7, 11) is 0. The molecule has 4 aromatic rings. The Hall–Kier alpha value is -2.88. The first kappa shape index (κ1) is 12.8. The molecule has 0 spiro atoms. The molecule has 0 aliphatic heterocycles. The van der Waals surface area contributed by atoms with Gasteiger partial charge in [-0.05, 0) is 35.2 Å². The lowest BCUT2D eigenvalue weighted by Gasteiger charge is -2.09. The molecule has 4 heteroatoms. The Kier molecular flexibility index (Phi) is 2.82. The molecule has 0 aliphatic rings. The van der Waals surface area contributed by atoms with Crippen LogP contribution in [0.5, 0.6) is 0 Å². The molecule has 0 amide bonds. The number of rotatable bonds is 2. The number of para-hydroxylation sites is 1. The van der Waals surface area contributed by atoms with Gasteiger partial charge >= 0.3 is 5.69 Å². The van der Waals surface area contributed by atoms with Crippen molar-refractivity contribution in [3.8, 4) is 11.1 Å². The van der Waals surface area contributed by atoms with E-state index in [9.17, 15) is 4.79 Å². The van der Waals surface area contributed by atoms with Crippen molar-refractivity contribution in [1.82, 2.24) is 14.6 Å². The highest BCUT2D eigenvalue weighted by Gasteiger charge is 2.11. The number of H-pyrrole nitrogens is 1. The second-order valence-electron chi connectivity index (χ2n) is 5.35. The summed E-state index contributed by atoms with van der Waals surface area (Å²) in [6.45, 7) is 2.15. The van der Waals surface area contributed by atoms with Gasteiger partial charge in [0, 0.05) is 5.39 Å². The molecule has 2 aromatic carbocycles. The van der Waals surface area contributed by atoms with Gasteiger partial charge in [-0.3, -0.25) is 0 Å². The Labute approximate surface area is 127 Å². The highest BCUT2D eigenvalue weighted by Crippen LogP contribution is 2.29. The maximum Gasteiger partial charge on any atom is 0.348 e. The molecule has 108 valence electrons. The van der Waals surface area contributed by atoms with Crippen molar-refractivity contribution in [2.24, 2.45) is 0 Å². The summed E-state index contributed by atoms with van der Waals surface area (Å²) in [6.07, 6.45) is 1.02. The molecule has 1 N–H and O–H groups in total. The number of nitrogens with one attached hydrogen (secondary N) is 1. The molecule has 0 aliphatic carbocycles. The minimum Gasteiger partial charge on any atom is -0.246 e. The Bertz CT molecular complexity index is 1030. The van der Waals surface area contributed by atoms with Gasteiger partial charge in [0.2, 0.25) is 0 Å². The van der Waals surface area contributed by atoms with Crippen LogP contribution in [-0.2, 0) is 6.42 Å². The second-order valence-corrected chi connectivity index (χ2v) is 5.35. The second kappa shape index (κ2) is 4.84. The Balaban J connectivity index is 2.09. The van der Waals surface area contributed by atoms with Crippen molar-refractivity contribution in [3.05, 3.63) is 70.6 Å². The van der Waals surface area contributed by atoms with Gasteiger partial charge in [-0.25, -0.2) is 14.3 Å². The van der Waals surface area contributed by atoms with E-state index >= 15 is 0 Å². The summed E-state index contributed by atoms with van der Waals surface area (Å²) in [5.74, 6) is 0. The van der Waals surface area contributed by atoms with E-state index in [0.29, 0.717) is 5.65 Å². The molecule has 0 radical (unpaired) electrons. The fraction of sp³-hybridized carbons (Fsp3) is 0.111. The summed E-state index contributed by atoms with van der Waals surface area (Å²) in [5.41, 5.74) is 4.83. The zero-order valence-electron chi connectivity index (χ0n) is 12.2. The zero-order valence-corrected chi connectivity index (χ0v) is 12.2. The molecule has 0 saturated carbocycles. The Morgan fingerprint density at radius 1 is 1.09 bits per heavy atom. The number of fused-ring (bicyclic) bond motifs is 3. The molecule has 0 atom stereocenters. The predicted octanol–water partition coefficient (Wildman–Crippen LogP) is 3.41. The van der Waals surface area contributed by atoms with Gasteiger partial charge in [0.25, 0.3) is 0 Å². The Morgan fingerprint density at radius 3 is 2.64 bits per heavy atom. The van der Waals surface area contributed by atoms with Crippen LogP contribution >= 0.6 is 0 Å².